The first-order valence-electron chi connectivity index (χ1n) is 6.51. The van der Waals surface area contributed by atoms with E-state index in [9.17, 15) is 8.42 Å². The number of hydrogen-bond acceptors (Lipinski definition) is 3. The molecule has 20 heavy (non-hydrogen) atoms. The smallest absolute Gasteiger partial charge is 0.244 e. The Morgan fingerprint density at radius 2 is 2.20 bits per heavy atom. The summed E-state index contributed by atoms with van der Waals surface area (Å²) in [6, 6.07) is 4.95. The van der Waals surface area contributed by atoms with Gasteiger partial charge in [0.15, 0.2) is 0 Å². The number of hydrogen-bond donors (Lipinski definition) is 1. The van der Waals surface area contributed by atoms with Gasteiger partial charge < -0.3 is 4.74 Å². The first kappa shape index (κ1) is 15.5. The minimum absolute atomic E-state index is 0.167. The van der Waals surface area contributed by atoms with Crippen LogP contribution in [-0.4, -0.2) is 22.1 Å². The van der Waals surface area contributed by atoms with E-state index < -0.39 is 10.0 Å². The molecule has 0 amide bonds. The second-order valence-corrected chi connectivity index (χ2v) is 7.45. The number of methoxy groups -OCH3 is 1. The molecule has 1 aromatic rings. The topological polar surface area (TPSA) is 55.4 Å². The van der Waals surface area contributed by atoms with Crippen LogP contribution in [0.1, 0.15) is 19.3 Å². The van der Waals surface area contributed by atoms with Crippen LogP contribution in [-0.2, 0) is 10.0 Å². The third-order valence-corrected chi connectivity index (χ3v) is 5.29. The van der Waals surface area contributed by atoms with Crippen molar-refractivity contribution >= 4 is 26.0 Å². The maximum Gasteiger partial charge on any atom is 0.244 e. The number of allylic oxidation sites excluding steroid dienone is 2. The van der Waals surface area contributed by atoms with Crippen LogP contribution in [0.3, 0.4) is 0 Å². The van der Waals surface area contributed by atoms with E-state index in [0.717, 1.165) is 19.3 Å². The van der Waals surface area contributed by atoms with Crippen molar-refractivity contribution in [3.8, 4) is 5.75 Å². The Kier molecular flexibility index (Phi) is 5.23. The van der Waals surface area contributed by atoms with Crippen molar-refractivity contribution in [2.75, 3.05) is 13.7 Å². The van der Waals surface area contributed by atoms with Crippen molar-refractivity contribution in [3.05, 3.63) is 34.8 Å². The zero-order valence-corrected chi connectivity index (χ0v) is 13.7. The highest BCUT2D eigenvalue weighted by atomic mass is 79.9. The van der Waals surface area contributed by atoms with Gasteiger partial charge in [-0.25, -0.2) is 13.1 Å². The summed E-state index contributed by atoms with van der Waals surface area (Å²) < 4.78 is 33.3. The summed E-state index contributed by atoms with van der Waals surface area (Å²) in [5.74, 6) is 0.720. The molecule has 2 rings (SSSR count). The van der Waals surface area contributed by atoms with Gasteiger partial charge in [0.1, 0.15) is 10.6 Å². The van der Waals surface area contributed by atoms with Crippen molar-refractivity contribution in [1.29, 1.82) is 0 Å². The Balaban J connectivity index is 2.13. The Morgan fingerprint density at radius 1 is 1.40 bits per heavy atom. The quantitative estimate of drug-likeness (QED) is 0.821. The molecule has 1 atom stereocenters. The molecule has 0 bridgehead atoms. The predicted molar refractivity (Wildman–Crippen MR) is 82.4 cm³/mol. The van der Waals surface area contributed by atoms with Crippen molar-refractivity contribution < 1.29 is 13.2 Å². The van der Waals surface area contributed by atoms with Gasteiger partial charge in [0, 0.05) is 11.0 Å². The Hall–Kier alpha value is -0.850. The Labute approximate surface area is 128 Å². The first-order valence-corrected chi connectivity index (χ1v) is 8.79. The second kappa shape index (κ2) is 6.74. The van der Waals surface area contributed by atoms with Crippen molar-refractivity contribution in [1.82, 2.24) is 4.72 Å². The SMILES string of the molecule is COc1ccc(Br)cc1S(=O)(=O)NCC1CC=CCC1. The molecule has 1 aliphatic rings. The fourth-order valence-electron chi connectivity index (χ4n) is 2.21. The van der Waals surface area contributed by atoms with Crippen LogP contribution in [0.25, 0.3) is 0 Å². The van der Waals surface area contributed by atoms with Crippen LogP contribution >= 0.6 is 15.9 Å². The lowest BCUT2D eigenvalue weighted by molar-refractivity contribution is 0.401. The molecule has 6 heteroatoms. The third kappa shape index (κ3) is 3.84. The highest BCUT2D eigenvalue weighted by molar-refractivity contribution is 9.10. The average Bonchev–Trinajstić information content (AvgIpc) is 2.46. The lowest BCUT2D eigenvalue weighted by Gasteiger charge is -2.18. The summed E-state index contributed by atoms with van der Waals surface area (Å²) in [5, 5.41) is 0. The molecule has 0 saturated carbocycles. The minimum atomic E-state index is -3.55. The summed E-state index contributed by atoms with van der Waals surface area (Å²) in [6.45, 7) is 0.461. The molecule has 0 aromatic heterocycles. The van der Waals surface area contributed by atoms with E-state index in [4.69, 9.17) is 4.74 Å². The Morgan fingerprint density at radius 3 is 2.85 bits per heavy atom. The minimum Gasteiger partial charge on any atom is -0.495 e. The summed E-state index contributed by atoms with van der Waals surface area (Å²) in [5.41, 5.74) is 0. The van der Waals surface area contributed by atoms with E-state index in [1.54, 1.807) is 18.2 Å². The number of nitrogens with one attached hydrogen (secondary N) is 1. The molecule has 0 fully saturated rings. The monoisotopic (exact) mass is 359 g/mol. The molecule has 0 radical (unpaired) electrons. The van der Waals surface area contributed by atoms with E-state index in [1.165, 1.54) is 7.11 Å². The molecule has 0 spiro atoms. The molecule has 110 valence electrons. The number of benzene rings is 1. The third-order valence-electron chi connectivity index (χ3n) is 3.35. The van der Waals surface area contributed by atoms with Gasteiger partial charge in [0.25, 0.3) is 0 Å². The maximum absolute atomic E-state index is 12.4. The van der Waals surface area contributed by atoms with Crippen LogP contribution in [0, 0.1) is 5.92 Å². The van der Waals surface area contributed by atoms with Gasteiger partial charge >= 0.3 is 0 Å². The Bertz CT molecular complexity index is 598. The molecular formula is C14H18BrNO3S. The highest BCUT2D eigenvalue weighted by Gasteiger charge is 2.21. The van der Waals surface area contributed by atoms with E-state index in [1.807, 2.05) is 0 Å². The normalized spacial score (nSPS) is 19.0. The molecule has 0 saturated heterocycles. The standard InChI is InChI=1S/C14H18BrNO3S/c1-19-13-8-7-12(15)9-14(13)20(17,18)16-10-11-5-3-2-4-6-11/h2-3,7-9,11,16H,4-6,10H2,1H3. The van der Waals surface area contributed by atoms with E-state index >= 15 is 0 Å². The van der Waals surface area contributed by atoms with Gasteiger partial charge in [-0.05, 0) is 43.4 Å². The van der Waals surface area contributed by atoms with Crippen LogP contribution in [0.5, 0.6) is 5.75 Å². The molecule has 1 aliphatic carbocycles. The van der Waals surface area contributed by atoms with Crippen molar-refractivity contribution in [2.45, 2.75) is 24.2 Å². The van der Waals surface area contributed by atoms with Crippen LogP contribution in [0.15, 0.2) is 39.7 Å². The number of ether oxygens (including phenoxy) is 1. The first-order chi connectivity index (χ1) is 9.53. The fraction of sp³-hybridized carbons (Fsp3) is 0.429. The van der Waals surface area contributed by atoms with Crippen LogP contribution < -0.4 is 9.46 Å². The van der Waals surface area contributed by atoms with E-state index in [2.05, 4.69) is 32.8 Å². The zero-order chi connectivity index (χ0) is 14.6. The predicted octanol–water partition coefficient (Wildman–Crippen LogP) is 3.09. The van der Waals surface area contributed by atoms with Gasteiger partial charge in [-0.1, -0.05) is 28.1 Å². The second-order valence-electron chi connectivity index (χ2n) is 4.80. The van der Waals surface area contributed by atoms with E-state index in [-0.39, 0.29) is 4.90 Å². The summed E-state index contributed by atoms with van der Waals surface area (Å²) in [4.78, 5) is 0.167. The number of halogens is 1. The largest absolute Gasteiger partial charge is 0.495 e. The molecule has 4 nitrogen and oxygen atoms in total. The van der Waals surface area contributed by atoms with Crippen LogP contribution in [0.4, 0.5) is 0 Å². The van der Waals surface area contributed by atoms with Crippen molar-refractivity contribution in [2.24, 2.45) is 5.92 Å². The number of sulfonamides is 1. The van der Waals surface area contributed by atoms with Crippen molar-refractivity contribution in [3.63, 3.8) is 0 Å². The number of rotatable bonds is 5. The molecule has 1 N–H and O–H groups in total. The maximum atomic E-state index is 12.4. The molecule has 1 aromatic carbocycles. The van der Waals surface area contributed by atoms with Gasteiger partial charge in [0.05, 0.1) is 7.11 Å². The molecular weight excluding hydrogens is 342 g/mol. The lowest BCUT2D eigenvalue weighted by atomic mass is 9.95. The average molecular weight is 360 g/mol. The van der Waals surface area contributed by atoms with Crippen LogP contribution in [0.2, 0.25) is 0 Å². The van der Waals surface area contributed by atoms with Gasteiger partial charge in [-0.15, -0.1) is 0 Å². The lowest BCUT2D eigenvalue weighted by Crippen LogP contribution is -2.30. The van der Waals surface area contributed by atoms with Gasteiger partial charge in [0.2, 0.25) is 10.0 Å². The van der Waals surface area contributed by atoms with E-state index in [0.29, 0.717) is 22.7 Å². The molecule has 0 aliphatic heterocycles. The summed E-state index contributed by atoms with van der Waals surface area (Å²) in [7, 11) is -2.09. The fourth-order valence-corrected chi connectivity index (χ4v) is 4.03. The summed E-state index contributed by atoms with van der Waals surface area (Å²) in [6.07, 6.45) is 7.23. The van der Waals surface area contributed by atoms with Gasteiger partial charge in [-0.2, -0.15) is 0 Å². The summed E-state index contributed by atoms with van der Waals surface area (Å²) >= 11 is 3.29. The zero-order valence-electron chi connectivity index (χ0n) is 11.3. The molecule has 1 unspecified atom stereocenters. The van der Waals surface area contributed by atoms with Gasteiger partial charge in [-0.3, -0.25) is 0 Å². The highest BCUT2D eigenvalue weighted by Crippen LogP contribution is 2.27. The molecule has 0 heterocycles.